The molecule has 0 aromatic heterocycles. The summed E-state index contributed by atoms with van der Waals surface area (Å²) in [5, 5.41) is 6.49. The quantitative estimate of drug-likeness (QED) is 0.249. The Balaban J connectivity index is 1.28. The first-order chi connectivity index (χ1) is 15.0. The second-order valence-corrected chi connectivity index (χ2v) is 8.86. The number of rotatable bonds is 10. The molecule has 3 fully saturated rings. The Bertz CT molecular complexity index is 882. The zero-order chi connectivity index (χ0) is 21.8. The summed E-state index contributed by atoms with van der Waals surface area (Å²) in [4.78, 5) is 26.9. The first kappa shape index (κ1) is 21.5. The smallest absolute Gasteiger partial charge is 0.244 e. The minimum atomic E-state index is -0.292. The topological polar surface area (TPSA) is 92.3 Å². The molecule has 0 bridgehead atoms. The van der Waals surface area contributed by atoms with Gasteiger partial charge in [-0.3, -0.25) is 15.0 Å². The van der Waals surface area contributed by atoms with Crippen LogP contribution in [0.2, 0.25) is 0 Å². The van der Waals surface area contributed by atoms with Crippen molar-refractivity contribution in [2.45, 2.75) is 38.0 Å². The highest BCUT2D eigenvalue weighted by Crippen LogP contribution is 2.37. The van der Waals surface area contributed by atoms with Gasteiger partial charge in [-0.05, 0) is 49.3 Å². The lowest BCUT2D eigenvalue weighted by molar-refractivity contribution is -0.132. The van der Waals surface area contributed by atoms with Crippen LogP contribution in [0.15, 0.2) is 23.3 Å². The van der Waals surface area contributed by atoms with Gasteiger partial charge in [-0.1, -0.05) is 18.3 Å². The number of hydrazone groups is 1. The molecule has 1 aromatic rings. The van der Waals surface area contributed by atoms with Crippen LogP contribution in [-0.4, -0.2) is 54.8 Å². The third kappa shape index (κ3) is 5.94. The number of benzene rings is 1. The van der Waals surface area contributed by atoms with Crippen molar-refractivity contribution in [3.05, 3.63) is 23.8 Å². The molecule has 3 aliphatic rings. The van der Waals surface area contributed by atoms with E-state index in [-0.39, 0.29) is 24.3 Å². The first-order valence-electron chi connectivity index (χ1n) is 10.7. The zero-order valence-electron chi connectivity index (χ0n) is 17.6. The third-order valence-corrected chi connectivity index (χ3v) is 6.22. The Labute approximate surface area is 187 Å². The lowest BCUT2D eigenvalue weighted by Gasteiger charge is -2.17. The average Bonchev–Trinajstić information content (AvgIpc) is 3.68. The number of methoxy groups -OCH3 is 1. The fourth-order valence-corrected chi connectivity index (χ4v) is 3.84. The number of nitrogens with one attached hydrogen (secondary N) is 2. The molecule has 1 saturated heterocycles. The molecule has 2 saturated carbocycles. The number of ether oxygens (including phenoxy) is 2. The van der Waals surface area contributed by atoms with Gasteiger partial charge in [0.1, 0.15) is 6.34 Å². The van der Waals surface area contributed by atoms with Crippen LogP contribution >= 0.6 is 12.2 Å². The van der Waals surface area contributed by atoms with Crippen LogP contribution in [0.25, 0.3) is 0 Å². The van der Waals surface area contributed by atoms with E-state index in [1.54, 1.807) is 12.0 Å². The van der Waals surface area contributed by atoms with Crippen molar-refractivity contribution in [1.29, 1.82) is 0 Å². The van der Waals surface area contributed by atoms with Crippen molar-refractivity contribution in [2.75, 3.05) is 26.8 Å². The fraction of sp³-hybridized carbons (Fsp3) is 0.545. The van der Waals surface area contributed by atoms with E-state index >= 15 is 0 Å². The highest BCUT2D eigenvalue weighted by Gasteiger charge is 2.32. The average molecular weight is 445 g/mol. The van der Waals surface area contributed by atoms with E-state index in [0.29, 0.717) is 47.9 Å². The molecule has 8 nitrogen and oxygen atoms in total. The minimum Gasteiger partial charge on any atom is -0.493 e. The summed E-state index contributed by atoms with van der Waals surface area (Å²) >= 11 is 5.16. The van der Waals surface area contributed by atoms with E-state index in [1.807, 2.05) is 18.2 Å². The molecule has 0 radical (unpaired) electrons. The van der Waals surface area contributed by atoms with Crippen LogP contribution < -0.4 is 20.2 Å². The maximum atomic E-state index is 12.5. The lowest BCUT2D eigenvalue weighted by atomic mass is 9.98. The Kier molecular flexibility index (Phi) is 6.70. The SMILES string of the molecule is COc1ccc(C2CC(=O)N(CC(=O)N/C=N/NC(=S)C3CC3)C2)cc1OCC1CC1. The van der Waals surface area contributed by atoms with Crippen LogP contribution in [0, 0.1) is 11.8 Å². The number of amides is 2. The molecule has 31 heavy (non-hydrogen) atoms. The summed E-state index contributed by atoms with van der Waals surface area (Å²) in [6, 6.07) is 5.81. The van der Waals surface area contributed by atoms with E-state index < -0.39 is 0 Å². The van der Waals surface area contributed by atoms with Crippen molar-refractivity contribution >= 4 is 35.4 Å². The van der Waals surface area contributed by atoms with E-state index in [0.717, 1.165) is 18.4 Å². The molecule has 166 valence electrons. The zero-order valence-corrected chi connectivity index (χ0v) is 18.5. The normalized spacial score (nSPS) is 20.7. The predicted octanol–water partition coefficient (Wildman–Crippen LogP) is 2.19. The van der Waals surface area contributed by atoms with Gasteiger partial charge in [0.2, 0.25) is 11.8 Å². The molecule has 4 rings (SSSR count). The highest BCUT2D eigenvalue weighted by atomic mass is 32.1. The van der Waals surface area contributed by atoms with Gasteiger partial charge in [-0.25, -0.2) is 0 Å². The van der Waals surface area contributed by atoms with E-state index in [4.69, 9.17) is 21.7 Å². The highest BCUT2D eigenvalue weighted by molar-refractivity contribution is 7.80. The van der Waals surface area contributed by atoms with E-state index in [1.165, 1.54) is 19.2 Å². The Morgan fingerprint density at radius 2 is 2.10 bits per heavy atom. The lowest BCUT2D eigenvalue weighted by Crippen LogP contribution is -2.37. The largest absolute Gasteiger partial charge is 0.493 e. The van der Waals surface area contributed by atoms with Crippen molar-refractivity contribution in [3.8, 4) is 11.5 Å². The van der Waals surface area contributed by atoms with Gasteiger partial charge in [0, 0.05) is 24.8 Å². The fourth-order valence-electron chi connectivity index (χ4n) is 3.56. The summed E-state index contributed by atoms with van der Waals surface area (Å²) in [6.45, 7) is 1.18. The monoisotopic (exact) mass is 444 g/mol. The molecule has 1 heterocycles. The number of likely N-dealkylation sites (tertiary alicyclic amines) is 1. The van der Waals surface area contributed by atoms with Gasteiger partial charge in [0.15, 0.2) is 11.5 Å². The van der Waals surface area contributed by atoms with Crippen molar-refractivity contribution in [2.24, 2.45) is 16.9 Å². The molecular formula is C22H28N4O4S. The summed E-state index contributed by atoms with van der Waals surface area (Å²) in [7, 11) is 1.62. The maximum absolute atomic E-state index is 12.5. The van der Waals surface area contributed by atoms with Crippen LogP contribution in [0.4, 0.5) is 0 Å². The molecule has 0 spiro atoms. The van der Waals surface area contributed by atoms with Crippen molar-refractivity contribution < 1.29 is 19.1 Å². The summed E-state index contributed by atoms with van der Waals surface area (Å²) < 4.78 is 11.4. The van der Waals surface area contributed by atoms with Crippen LogP contribution in [0.1, 0.15) is 43.6 Å². The number of hydrogen-bond donors (Lipinski definition) is 2. The Morgan fingerprint density at radius 3 is 2.81 bits per heavy atom. The molecule has 1 unspecified atom stereocenters. The minimum absolute atomic E-state index is 0.00435. The van der Waals surface area contributed by atoms with Crippen LogP contribution in [-0.2, 0) is 9.59 Å². The first-order valence-corrected chi connectivity index (χ1v) is 11.1. The molecular weight excluding hydrogens is 416 g/mol. The van der Waals surface area contributed by atoms with Gasteiger partial charge in [0.05, 0.1) is 25.2 Å². The summed E-state index contributed by atoms with van der Waals surface area (Å²) in [6.07, 6.45) is 6.26. The predicted molar refractivity (Wildman–Crippen MR) is 120 cm³/mol. The number of carbonyl (C=O) groups excluding carboxylic acids is 2. The molecule has 2 aliphatic carbocycles. The molecule has 1 aromatic carbocycles. The summed E-state index contributed by atoms with van der Waals surface area (Å²) in [5.41, 5.74) is 3.77. The van der Waals surface area contributed by atoms with Crippen LogP contribution in [0.5, 0.6) is 11.5 Å². The summed E-state index contributed by atoms with van der Waals surface area (Å²) in [5.74, 6) is 2.14. The van der Waals surface area contributed by atoms with Gasteiger partial charge in [-0.2, -0.15) is 5.10 Å². The van der Waals surface area contributed by atoms with E-state index in [2.05, 4.69) is 15.8 Å². The number of nitrogens with zero attached hydrogens (tertiary/aromatic N) is 2. The molecule has 2 amide bonds. The maximum Gasteiger partial charge on any atom is 0.244 e. The number of thiocarbonyl (C=S) groups is 1. The Hall–Kier alpha value is -2.68. The third-order valence-electron chi connectivity index (χ3n) is 5.79. The van der Waals surface area contributed by atoms with Crippen molar-refractivity contribution in [3.63, 3.8) is 0 Å². The van der Waals surface area contributed by atoms with Gasteiger partial charge < -0.3 is 19.7 Å². The number of carbonyl (C=O) groups is 2. The van der Waals surface area contributed by atoms with E-state index in [9.17, 15) is 9.59 Å². The molecule has 2 N–H and O–H groups in total. The van der Waals surface area contributed by atoms with Gasteiger partial charge in [-0.15, -0.1) is 0 Å². The second kappa shape index (κ2) is 9.64. The van der Waals surface area contributed by atoms with Crippen molar-refractivity contribution in [1.82, 2.24) is 15.6 Å². The van der Waals surface area contributed by atoms with Gasteiger partial charge in [0.25, 0.3) is 0 Å². The molecule has 9 heteroatoms. The molecule has 1 atom stereocenters. The van der Waals surface area contributed by atoms with Gasteiger partial charge >= 0.3 is 0 Å². The van der Waals surface area contributed by atoms with Crippen LogP contribution in [0.3, 0.4) is 0 Å². The molecule has 1 aliphatic heterocycles. The second-order valence-electron chi connectivity index (χ2n) is 8.42. The number of hydrogen-bond acceptors (Lipinski definition) is 6. The Morgan fingerprint density at radius 1 is 1.29 bits per heavy atom. The standard InChI is InChI=1S/C22H28N4O4S/c1-29-18-7-6-16(8-19(18)30-12-14-2-3-14)17-9-21(28)26(10-17)11-20(27)23-13-24-25-22(31)15-4-5-15/h6-8,13-15,17H,2-5,9-12H2,1H3,(H,25,31)(H,23,24,27).